The molecule has 2 heterocycles. The van der Waals surface area contributed by atoms with Gasteiger partial charge in [0.1, 0.15) is 11.6 Å². The van der Waals surface area contributed by atoms with Gasteiger partial charge in [-0.3, -0.25) is 9.59 Å². The highest BCUT2D eigenvalue weighted by Crippen LogP contribution is 2.54. The number of allylic oxidation sites excluding steroid dienone is 1. The van der Waals surface area contributed by atoms with E-state index >= 15 is 0 Å². The minimum absolute atomic E-state index is 0.0449. The molecular weight excluding hydrogens is 594 g/mol. The van der Waals surface area contributed by atoms with E-state index in [1.54, 1.807) is 12.1 Å². The first-order valence-corrected chi connectivity index (χ1v) is 15.3. The maximum Gasteiger partial charge on any atom is 0.419 e. The third-order valence-corrected chi connectivity index (χ3v) is 10.0. The number of rotatable bonds is 7. The molecule has 2 aliphatic heterocycles. The molecule has 2 amide bonds. The zero-order valence-electron chi connectivity index (χ0n) is 24.5. The number of oxime groups is 1. The molecule has 3 saturated carbocycles. The third kappa shape index (κ3) is 5.36. The Hall–Kier alpha value is -3.93. The van der Waals surface area contributed by atoms with Gasteiger partial charge in [0.2, 0.25) is 5.91 Å². The van der Waals surface area contributed by atoms with Gasteiger partial charge in [-0.25, -0.2) is 4.39 Å². The lowest BCUT2D eigenvalue weighted by atomic mass is 9.82. The van der Waals surface area contributed by atoms with E-state index in [1.807, 2.05) is 6.07 Å². The highest BCUT2D eigenvalue weighted by Gasteiger charge is 2.55. The molecule has 6 atom stereocenters. The Morgan fingerprint density at radius 3 is 2.56 bits per heavy atom. The summed E-state index contributed by atoms with van der Waals surface area (Å²) in [5.74, 6) is -2.64. The molecule has 4 fully saturated rings. The van der Waals surface area contributed by atoms with Gasteiger partial charge in [0.15, 0.2) is 6.10 Å². The molecule has 8 nitrogen and oxygen atoms in total. The molecule has 238 valence electrons. The lowest BCUT2D eigenvalue weighted by Crippen LogP contribution is -2.48. The van der Waals surface area contributed by atoms with E-state index in [0.717, 1.165) is 43.7 Å². The van der Waals surface area contributed by atoms with Gasteiger partial charge in [0, 0.05) is 23.2 Å². The number of carbonyl (C=O) groups excluding carboxylic acids is 2. The molecule has 2 unspecified atom stereocenters. The van der Waals surface area contributed by atoms with Crippen molar-refractivity contribution in [1.82, 2.24) is 5.32 Å². The Bertz CT molecular complexity index is 1590. The predicted molar refractivity (Wildman–Crippen MR) is 155 cm³/mol. The molecule has 0 aromatic heterocycles. The van der Waals surface area contributed by atoms with Crippen LogP contribution >= 0.6 is 0 Å². The Labute approximate surface area is 257 Å². The van der Waals surface area contributed by atoms with Gasteiger partial charge in [-0.1, -0.05) is 23.2 Å². The lowest BCUT2D eigenvalue weighted by Gasteiger charge is -2.30. The maximum absolute atomic E-state index is 14.0. The second kappa shape index (κ2) is 11.5. The van der Waals surface area contributed by atoms with Crippen molar-refractivity contribution in [2.24, 2.45) is 34.7 Å². The number of hydrogen-bond donors (Lipinski definition) is 2. The smallest absolute Gasteiger partial charge is 0.419 e. The monoisotopic (exact) mass is 627 g/mol. The van der Waals surface area contributed by atoms with Crippen molar-refractivity contribution in [3.05, 3.63) is 70.6 Å². The van der Waals surface area contributed by atoms with Crippen molar-refractivity contribution >= 4 is 23.2 Å². The van der Waals surface area contributed by atoms with Gasteiger partial charge < -0.3 is 24.9 Å². The number of ether oxygens (including phenoxy) is 2. The average molecular weight is 628 g/mol. The van der Waals surface area contributed by atoms with Crippen molar-refractivity contribution in [2.75, 3.05) is 25.6 Å². The fourth-order valence-electron chi connectivity index (χ4n) is 7.58. The predicted octanol–water partition coefficient (Wildman–Crippen LogP) is 5.72. The van der Waals surface area contributed by atoms with Crippen LogP contribution in [0.5, 0.6) is 5.75 Å². The molecular formula is C33H33F4N3O5. The van der Waals surface area contributed by atoms with E-state index < -0.39 is 41.3 Å². The molecule has 2 bridgehead atoms. The standard InChI is InChI=1S/C33H33F4N3O5/c1-43-26-10-5-17(29-23-14-44-15-27(23)45-40-29)12-22(26)31(41)39-30-20-8-7-19(21(20)11-16-3-2-4-16)28(30)32(42)38-18-6-9-25(34)24(13-18)33(35,36)37/h5-6,9-13,16,19-20,23,27-28,30H,2-4,7-8,14-15H2,1H3,(H,38,42)(H,39,41)/b21-11-/t19-,20+,23?,27?,28-,30+/m0/s1. The van der Waals surface area contributed by atoms with Crippen LogP contribution in [-0.4, -0.2) is 50.0 Å². The van der Waals surface area contributed by atoms with Crippen LogP contribution in [0, 0.1) is 35.4 Å². The molecule has 7 rings (SSSR count). The highest BCUT2D eigenvalue weighted by atomic mass is 19.4. The zero-order valence-corrected chi connectivity index (χ0v) is 24.5. The summed E-state index contributed by atoms with van der Waals surface area (Å²) in [5.41, 5.74) is 1.17. The second-order valence-corrected chi connectivity index (χ2v) is 12.5. The van der Waals surface area contributed by atoms with Crippen LogP contribution in [-0.2, 0) is 20.5 Å². The molecule has 0 radical (unpaired) electrons. The van der Waals surface area contributed by atoms with Gasteiger partial charge in [-0.15, -0.1) is 0 Å². The minimum Gasteiger partial charge on any atom is -0.496 e. The molecule has 2 aromatic carbocycles. The first kappa shape index (κ1) is 29.8. The third-order valence-electron chi connectivity index (χ3n) is 10.0. The number of alkyl halides is 3. The first-order valence-electron chi connectivity index (χ1n) is 15.3. The molecule has 5 aliphatic rings. The van der Waals surface area contributed by atoms with Crippen LogP contribution in [0.15, 0.2) is 53.2 Å². The summed E-state index contributed by atoms with van der Waals surface area (Å²) in [6.07, 6.45) is 1.95. The summed E-state index contributed by atoms with van der Waals surface area (Å²) in [4.78, 5) is 33.3. The zero-order chi connectivity index (χ0) is 31.5. The largest absolute Gasteiger partial charge is 0.496 e. The minimum atomic E-state index is -4.91. The number of benzene rings is 2. The Morgan fingerprint density at radius 1 is 1.02 bits per heavy atom. The fourth-order valence-corrected chi connectivity index (χ4v) is 7.58. The normalized spacial score (nSPS) is 29.6. The number of nitrogens with one attached hydrogen (secondary N) is 2. The van der Waals surface area contributed by atoms with E-state index in [-0.39, 0.29) is 35.1 Å². The molecule has 12 heteroatoms. The molecule has 3 aliphatic carbocycles. The summed E-state index contributed by atoms with van der Waals surface area (Å²) in [6.45, 7) is 0.911. The molecule has 1 saturated heterocycles. The van der Waals surface area contributed by atoms with Crippen molar-refractivity contribution in [3.63, 3.8) is 0 Å². The summed E-state index contributed by atoms with van der Waals surface area (Å²) in [5, 5.41) is 9.95. The van der Waals surface area contributed by atoms with Crippen LogP contribution in [0.2, 0.25) is 0 Å². The van der Waals surface area contributed by atoms with Crippen LogP contribution < -0.4 is 15.4 Å². The summed E-state index contributed by atoms with van der Waals surface area (Å²) >= 11 is 0. The van der Waals surface area contributed by atoms with E-state index in [9.17, 15) is 27.2 Å². The van der Waals surface area contributed by atoms with Gasteiger partial charge in [-0.2, -0.15) is 13.2 Å². The van der Waals surface area contributed by atoms with E-state index in [2.05, 4.69) is 21.9 Å². The second-order valence-electron chi connectivity index (χ2n) is 12.5. The number of amides is 2. The van der Waals surface area contributed by atoms with Crippen molar-refractivity contribution in [2.45, 2.75) is 50.4 Å². The van der Waals surface area contributed by atoms with E-state index in [0.29, 0.717) is 48.3 Å². The number of carbonyl (C=O) groups is 2. The van der Waals surface area contributed by atoms with Gasteiger partial charge in [-0.05, 0) is 73.9 Å². The number of nitrogens with zero attached hydrogens (tertiary/aromatic N) is 1. The van der Waals surface area contributed by atoms with Crippen molar-refractivity contribution in [1.29, 1.82) is 0 Å². The first-order chi connectivity index (χ1) is 21.6. The SMILES string of the molecule is COc1ccc(C2=NOC3COCC23)cc1C(=O)N[C@H]1[C@@H](C(=O)Nc2ccc(F)c(C(F)(F)F)c2)[C@H]2CC[C@@H]1/C2=C\C1CCC1. The molecule has 2 aromatic rings. The van der Waals surface area contributed by atoms with Crippen LogP contribution in [0.25, 0.3) is 0 Å². The van der Waals surface area contributed by atoms with Crippen molar-refractivity contribution in [3.8, 4) is 5.75 Å². The Balaban J connectivity index is 1.18. The number of methoxy groups -OCH3 is 1. The van der Waals surface area contributed by atoms with Crippen LogP contribution in [0.3, 0.4) is 0 Å². The van der Waals surface area contributed by atoms with Crippen LogP contribution in [0.1, 0.15) is 53.6 Å². The number of fused-ring (bicyclic) bond motifs is 3. The van der Waals surface area contributed by atoms with Gasteiger partial charge in [0.25, 0.3) is 5.91 Å². The number of hydrogen-bond acceptors (Lipinski definition) is 6. The van der Waals surface area contributed by atoms with Gasteiger partial charge >= 0.3 is 6.18 Å². The van der Waals surface area contributed by atoms with Gasteiger partial charge in [0.05, 0.1) is 49.0 Å². The summed E-state index contributed by atoms with van der Waals surface area (Å²) < 4.78 is 65.1. The quantitative estimate of drug-likeness (QED) is 0.302. The molecule has 2 N–H and O–H groups in total. The number of anilines is 1. The summed E-state index contributed by atoms with van der Waals surface area (Å²) in [7, 11) is 1.47. The van der Waals surface area contributed by atoms with E-state index in [1.165, 1.54) is 7.11 Å². The fraction of sp³-hybridized carbons (Fsp3) is 0.485. The molecule has 0 spiro atoms. The average Bonchev–Trinajstić information content (AvgIpc) is 3.76. The van der Waals surface area contributed by atoms with Crippen molar-refractivity contribution < 1.29 is 41.5 Å². The molecule has 45 heavy (non-hydrogen) atoms. The van der Waals surface area contributed by atoms with Crippen LogP contribution in [0.4, 0.5) is 23.2 Å². The highest BCUT2D eigenvalue weighted by molar-refractivity contribution is 6.06. The van der Waals surface area contributed by atoms with E-state index in [4.69, 9.17) is 14.3 Å². The Kier molecular flexibility index (Phi) is 7.58. The Morgan fingerprint density at radius 2 is 1.82 bits per heavy atom. The maximum atomic E-state index is 14.0. The number of halogens is 4. The topological polar surface area (TPSA) is 98.2 Å². The summed E-state index contributed by atoms with van der Waals surface area (Å²) in [6, 6.07) is 7.00. The lowest BCUT2D eigenvalue weighted by molar-refractivity contribution is -0.140.